The van der Waals surface area contributed by atoms with Crippen LogP contribution >= 0.6 is 15.6 Å². The first-order valence-electron chi connectivity index (χ1n) is 42.8. The van der Waals surface area contributed by atoms with Gasteiger partial charge in [0.05, 0.1) is 26.4 Å². The first-order chi connectivity index (χ1) is 49.2. The zero-order valence-electron chi connectivity index (χ0n) is 65.9. The van der Waals surface area contributed by atoms with E-state index in [0.717, 1.165) is 89.9 Å². The van der Waals surface area contributed by atoms with Crippen molar-refractivity contribution in [3.05, 3.63) is 0 Å². The highest BCUT2D eigenvalue weighted by atomic mass is 31.2. The fourth-order valence-corrected chi connectivity index (χ4v) is 14.4. The molecular formula is C82H160O17P2. The molecule has 0 rings (SSSR count). The third kappa shape index (κ3) is 76.1. The Labute approximate surface area is 619 Å². The summed E-state index contributed by atoms with van der Waals surface area (Å²) in [7, 11) is -9.92. The van der Waals surface area contributed by atoms with E-state index >= 15 is 0 Å². The number of carbonyl (C=O) groups excluding carboxylic acids is 4. The van der Waals surface area contributed by atoms with Gasteiger partial charge in [-0.05, 0) is 25.7 Å². The summed E-state index contributed by atoms with van der Waals surface area (Å²) in [5, 5.41) is 10.6. The van der Waals surface area contributed by atoms with Gasteiger partial charge in [-0.15, -0.1) is 0 Å². The van der Waals surface area contributed by atoms with E-state index in [1.54, 1.807) is 0 Å². The molecule has 0 aromatic carbocycles. The van der Waals surface area contributed by atoms with Crippen LogP contribution in [0.25, 0.3) is 0 Å². The van der Waals surface area contributed by atoms with Crippen LogP contribution in [0.15, 0.2) is 0 Å². The van der Waals surface area contributed by atoms with Crippen molar-refractivity contribution in [1.29, 1.82) is 0 Å². The number of hydrogen-bond donors (Lipinski definition) is 3. The fourth-order valence-electron chi connectivity index (χ4n) is 12.8. The van der Waals surface area contributed by atoms with Crippen molar-refractivity contribution in [2.75, 3.05) is 39.6 Å². The van der Waals surface area contributed by atoms with Crippen LogP contribution in [0, 0.1) is 0 Å². The molecule has 17 nitrogen and oxygen atoms in total. The topological polar surface area (TPSA) is 237 Å². The number of ether oxygens (including phenoxy) is 4. The molecule has 0 saturated heterocycles. The molecule has 0 amide bonds. The van der Waals surface area contributed by atoms with Gasteiger partial charge in [-0.25, -0.2) is 9.13 Å². The number of unbranched alkanes of at least 4 members (excludes halogenated alkanes) is 57. The first-order valence-corrected chi connectivity index (χ1v) is 45.8. The lowest BCUT2D eigenvalue weighted by atomic mass is 10.0. The number of hydrogen-bond acceptors (Lipinski definition) is 15. The molecule has 0 aromatic heterocycles. The molecule has 5 atom stereocenters. The zero-order chi connectivity index (χ0) is 73.9. The van der Waals surface area contributed by atoms with Gasteiger partial charge in [0.25, 0.3) is 0 Å². The SMILES string of the molecule is CCCCCCCCCCCCCCCCCCCCCCC(=O)O[C@H](COC(=O)CCCCCCCCCCCCCCCCCCCCC)COP(=O)(O)OC[C@@H](O)COP(=O)(O)OC[C@@H](COC(=O)CCCCCCCCCCC)OC(=O)CCCCCCCCCCCCCCC. The molecule has 0 aliphatic rings. The van der Waals surface area contributed by atoms with Crippen molar-refractivity contribution in [3.8, 4) is 0 Å². The minimum atomic E-state index is -4.96. The third-order valence-electron chi connectivity index (χ3n) is 19.4. The molecule has 0 saturated carbocycles. The maximum Gasteiger partial charge on any atom is 0.472 e. The Hall–Kier alpha value is -1.94. The second-order valence-corrected chi connectivity index (χ2v) is 32.4. The summed E-state index contributed by atoms with van der Waals surface area (Å²) in [5.74, 6) is -2.10. The Balaban J connectivity index is 5.20. The Morgan fingerprint density at radius 1 is 0.238 bits per heavy atom. The Kier molecular flexibility index (Phi) is 74.8. The number of carbonyl (C=O) groups is 4. The van der Waals surface area contributed by atoms with E-state index in [4.69, 9.17) is 37.0 Å². The summed E-state index contributed by atoms with van der Waals surface area (Å²) in [4.78, 5) is 73.0. The fraction of sp³-hybridized carbons (Fsp3) is 0.951. The summed E-state index contributed by atoms with van der Waals surface area (Å²) >= 11 is 0. The molecule has 600 valence electrons. The van der Waals surface area contributed by atoms with E-state index in [1.165, 1.54) is 276 Å². The molecule has 0 heterocycles. The molecule has 0 aliphatic heterocycles. The Morgan fingerprint density at radius 2 is 0.396 bits per heavy atom. The molecule has 2 unspecified atom stereocenters. The van der Waals surface area contributed by atoms with E-state index in [1.807, 2.05) is 0 Å². The van der Waals surface area contributed by atoms with E-state index in [0.29, 0.717) is 25.7 Å². The zero-order valence-corrected chi connectivity index (χ0v) is 67.7. The maximum atomic E-state index is 13.1. The lowest BCUT2D eigenvalue weighted by Crippen LogP contribution is -2.30. The van der Waals surface area contributed by atoms with Gasteiger partial charge >= 0.3 is 39.5 Å². The van der Waals surface area contributed by atoms with Crippen LogP contribution < -0.4 is 0 Å². The molecule has 101 heavy (non-hydrogen) atoms. The molecule has 0 bridgehead atoms. The van der Waals surface area contributed by atoms with Crippen LogP contribution in [0.2, 0.25) is 0 Å². The number of phosphoric ester groups is 2. The van der Waals surface area contributed by atoms with Gasteiger partial charge in [-0.2, -0.15) is 0 Å². The standard InChI is InChI=1S/C82H160O17P2/c1-5-9-13-17-21-25-28-31-33-35-37-39-41-43-46-49-53-57-61-65-69-82(87)99-78(73-93-80(85)67-63-59-55-51-47-45-42-40-38-36-34-32-29-26-22-18-14-10-6-2)75-97-101(90,91)95-71-76(83)70-94-100(88,89)96-74-77(72-92-79(84)66-62-58-54-50-24-20-16-12-8-4)98-81(86)68-64-60-56-52-48-44-30-27-23-19-15-11-7-3/h76-78,83H,5-75H2,1-4H3,(H,88,89)(H,90,91)/t76-,77+,78+/m0/s1. The molecule has 0 fully saturated rings. The number of aliphatic hydroxyl groups is 1. The highest BCUT2D eigenvalue weighted by Crippen LogP contribution is 2.45. The first kappa shape index (κ1) is 99.1. The van der Waals surface area contributed by atoms with Gasteiger partial charge in [0, 0.05) is 25.7 Å². The maximum absolute atomic E-state index is 13.1. The summed E-state index contributed by atoms with van der Waals surface area (Å²) < 4.78 is 68.7. The molecular weight excluding hydrogens is 1320 g/mol. The molecule has 0 spiro atoms. The third-order valence-corrected chi connectivity index (χ3v) is 21.3. The van der Waals surface area contributed by atoms with E-state index in [2.05, 4.69) is 27.7 Å². The van der Waals surface area contributed by atoms with Crippen LogP contribution in [-0.4, -0.2) is 96.7 Å². The van der Waals surface area contributed by atoms with Crippen molar-refractivity contribution >= 4 is 39.5 Å². The number of rotatable bonds is 83. The predicted octanol–water partition coefficient (Wildman–Crippen LogP) is 25.0. The lowest BCUT2D eigenvalue weighted by molar-refractivity contribution is -0.161. The van der Waals surface area contributed by atoms with Crippen molar-refractivity contribution < 1.29 is 80.2 Å². The Morgan fingerprint density at radius 3 is 0.584 bits per heavy atom. The predicted molar refractivity (Wildman–Crippen MR) is 414 cm³/mol. The molecule has 0 aromatic rings. The molecule has 3 N–H and O–H groups in total. The minimum Gasteiger partial charge on any atom is -0.462 e. The van der Waals surface area contributed by atoms with Crippen LogP contribution in [0.1, 0.15) is 445 Å². The second-order valence-electron chi connectivity index (χ2n) is 29.5. The van der Waals surface area contributed by atoms with Crippen molar-refractivity contribution in [1.82, 2.24) is 0 Å². The van der Waals surface area contributed by atoms with Crippen molar-refractivity contribution in [2.24, 2.45) is 0 Å². The van der Waals surface area contributed by atoms with Crippen LogP contribution in [0.3, 0.4) is 0 Å². The summed E-state index contributed by atoms with van der Waals surface area (Å²) in [6, 6.07) is 0. The van der Waals surface area contributed by atoms with Gasteiger partial charge in [-0.1, -0.05) is 394 Å². The van der Waals surface area contributed by atoms with Crippen molar-refractivity contribution in [3.63, 3.8) is 0 Å². The highest BCUT2D eigenvalue weighted by molar-refractivity contribution is 7.47. The summed E-state index contributed by atoms with van der Waals surface area (Å²) in [6.07, 6.45) is 69.5. The highest BCUT2D eigenvalue weighted by Gasteiger charge is 2.30. The van der Waals surface area contributed by atoms with Gasteiger partial charge in [0.2, 0.25) is 0 Å². The minimum absolute atomic E-state index is 0.108. The largest absolute Gasteiger partial charge is 0.472 e. The average Bonchev–Trinajstić information content (AvgIpc) is 0.964. The number of phosphoric acid groups is 2. The number of aliphatic hydroxyl groups excluding tert-OH is 1. The van der Waals surface area contributed by atoms with Crippen LogP contribution in [-0.2, 0) is 65.4 Å². The van der Waals surface area contributed by atoms with Gasteiger partial charge in [0.1, 0.15) is 19.3 Å². The number of esters is 4. The molecule has 0 aliphatic carbocycles. The van der Waals surface area contributed by atoms with Crippen LogP contribution in [0.4, 0.5) is 0 Å². The van der Waals surface area contributed by atoms with E-state index < -0.39 is 97.5 Å². The average molecular weight is 1480 g/mol. The summed E-state index contributed by atoms with van der Waals surface area (Å²) in [5.41, 5.74) is 0. The van der Waals surface area contributed by atoms with Crippen LogP contribution in [0.5, 0.6) is 0 Å². The smallest absolute Gasteiger partial charge is 0.462 e. The normalized spacial score (nSPS) is 13.8. The molecule has 0 radical (unpaired) electrons. The second kappa shape index (κ2) is 76.3. The monoisotopic (exact) mass is 1480 g/mol. The van der Waals surface area contributed by atoms with E-state index in [-0.39, 0.29) is 25.7 Å². The Bertz CT molecular complexity index is 1910. The lowest BCUT2D eigenvalue weighted by Gasteiger charge is -2.21. The summed E-state index contributed by atoms with van der Waals surface area (Å²) in [6.45, 7) is 5.02. The quantitative estimate of drug-likeness (QED) is 0.0222. The van der Waals surface area contributed by atoms with Gasteiger partial charge in [-0.3, -0.25) is 37.3 Å². The molecule has 19 heteroatoms. The van der Waals surface area contributed by atoms with Gasteiger partial charge < -0.3 is 33.8 Å². The van der Waals surface area contributed by atoms with E-state index in [9.17, 15) is 43.2 Å². The van der Waals surface area contributed by atoms with Crippen molar-refractivity contribution in [2.45, 2.75) is 463 Å². The van der Waals surface area contributed by atoms with Gasteiger partial charge in [0.15, 0.2) is 12.2 Å².